The molecule has 0 aliphatic heterocycles. The van der Waals surface area contributed by atoms with Crippen LogP contribution in [0.3, 0.4) is 0 Å². The second-order valence-corrected chi connectivity index (χ2v) is 7.82. The molecule has 0 amide bonds. The van der Waals surface area contributed by atoms with Crippen LogP contribution in [-0.4, -0.2) is 30.6 Å². The Morgan fingerprint density at radius 2 is 1.89 bits per heavy atom. The Hall–Kier alpha value is -2.43. The molecule has 1 heterocycles. The van der Waals surface area contributed by atoms with Crippen LogP contribution in [0.15, 0.2) is 44.9 Å². The summed E-state index contributed by atoms with van der Waals surface area (Å²) in [5.41, 5.74) is -1.31. The molecule has 0 aliphatic carbocycles. The Morgan fingerprint density at radius 1 is 1.26 bits per heavy atom. The zero-order valence-electron chi connectivity index (χ0n) is 14.8. The summed E-state index contributed by atoms with van der Waals surface area (Å²) >= 11 is 6.12. The van der Waals surface area contributed by atoms with Gasteiger partial charge in [-0.2, -0.15) is 0 Å². The smallest absolute Gasteiger partial charge is 0.330 e. The number of aryl methyl sites for hydroxylation is 1. The van der Waals surface area contributed by atoms with E-state index in [4.69, 9.17) is 11.6 Å². The van der Waals surface area contributed by atoms with Gasteiger partial charge in [0.1, 0.15) is 0 Å². The first-order chi connectivity index (χ1) is 12.6. The van der Waals surface area contributed by atoms with E-state index in [0.717, 1.165) is 10.8 Å². The standard InChI is InChI=1S/C16H18ClN3O6S/c1-19-9-13(15(22)20(2)16(19)23)27(24,25)18-12(8-14(21)26-3)10-6-4-5-7-11(10)17/h4-7,9,12,18H,8H2,1-3H3. The summed E-state index contributed by atoms with van der Waals surface area (Å²) in [4.78, 5) is 35.1. The molecular weight excluding hydrogens is 398 g/mol. The van der Waals surface area contributed by atoms with Gasteiger partial charge in [0.15, 0.2) is 4.90 Å². The molecule has 1 aromatic carbocycles. The van der Waals surface area contributed by atoms with Crippen LogP contribution in [0.5, 0.6) is 0 Å². The monoisotopic (exact) mass is 415 g/mol. The number of methoxy groups -OCH3 is 1. The number of hydrogen-bond acceptors (Lipinski definition) is 6. The number of carbonyl (C=O) groups excluding carboxylic acids is 1. The van der Waals surface area contributed by atoms with Crippen molar-refractivity contribution < 1.29 is 17.9 Å². The first-order valence-electron chi connectivity index (χ1n) is 7.68. The van der Waals surface area contributed by atoms with Crippen molar-refractivity contribution in [3.05, 3.63) is 61.9 Å². The number of halogens is 1. The summed E-state index contributed by atoms with van der Waals surface area (Å²) in [7, 11) is -0.720. The van der Waals surface area contributed by atoms with E-state index in [1.807, 2.05) is 0 Å². The maximum Gasteiger partial charge on any atom is 0.330 e. The van der Waals surface area contributed by atoms with Crippen LogP contribution in [0.25, 0.3) is 0 Å². The third-order valence-electron chi connectivity index (χ3n) is 3.88. The summed E-state index contributed by atoms with van der Waals surface area (Å²) < 4.78 is 34.2. The lowest BCUT2D eigenvalue weighted by atomic mass is 10.1. The lowest BCUT2D eigenvalue weighted by molar-refractivity contribution is -0.141. The van der Waals surface area contributed by atoms with Gasteiger partial charge in [0.2, 0.25) is 10.0 Å². The number of ether oxygens (including phenoxy) is 1. The van der Waals surface area contributed by atoms with Crippen molar-refractivity contribution in [2.24, 2.45) is 14.1 Å². The topological polar surface area (TPSA) is 116 Å². The van der Waals surface area contributed by atoms with Crippen LogP contribution in [0.2, 0.25) is 5.02 Å². The molecule has 0 spiro atoms. The van der Waals surface area contributed by atoms with E-state index in [1.165, 1.54) is 21.2 Å². The fourth-order valence-corrected chi connectivity index (χ4v) is 4.08. The van der Waals surface area contributed by atoms with Gasteiger partial charge in [0.25, 0.3) is 5.56 Å². The highest BCUT2D eigenvalue weighted by atomic mass is 35.5. The lowest BCUT2D eigenvalue weighted by Crippen LogP contribution is -2.42. The fraction of sp³-hybridized carbons (Fsp3) is 0.312. The quantitative estimate of drug-likeness (QED) is 0.679. The minimum atomic E-state index is -4.38. The average molecular weight is 416 g/mol. The predicted octanol–water partition coefficient (Wildman–Crippen LogP) is 0.320. The Bertz CT molecular complexity index is 1090. The molecule has 9 nitrogen and oxygen atoms in total. The molecule has 11 heteroatoms. The molecule has 1 N–H and O–H groups in total. The molecule has 0 saturated heterocycles. The lowest BCUT2D eigenvalue weighted by Gasteiger charge is -2.19. The van der Waals surface area contributed by atoms with Crippen molar-refractivity contribution in [1.29, 1.82) is 0 Å². The number of esters is 1. The largest absolute Gasteiger partial charge is 0.469 e. The van der Waals surface area contributed by atoms with Gasteiger partial charge in [-0.05, 0) is 11.6 Å². The zero-order valence-corrected chi connectivity index (χ0v) is 16.4. The van der Waals surface area contributed by atoms with Crippen molar-refractivity contribution in [2.45, 2.75) is 17.4 Å². The number of nitrogens with zero attached hydrogens (tertiary/aromatic N) is 2. The van der Waals surface area contributed by atoms with Crippen molar-refractivity contribution in [3.63, 3.8) is 0 Å². The highest BCUT2D eigenvalue weighted by Gasteiger charge is 2.28. The van der Waals surface area contributed by atoms with E-state index in [9.17, 15) is 22.8 Å². The van der Waals surface area contributed by atoms with Crippen molar-refractivity contribution in [2.75, 3.05) is 7.11 Å². The average Bonchev–Trinajstić information content (AvgIpc) is 2.62. The zero-order chi connectivity index (χ0) is 20.4. The van der Waals surface area contributed by atoms with Crippen LogP contribution >= 0.6 is 11.6 Å². The first kappa shape index (κ1) is 20.9. The molecule has 0 radical (unpaired) electrons. The minimum absolute atomic E-state index is 0.238. The maximum atomic E-state index is 12.8. The second-order valence-electron chi connectivity index (χ2n) is 5.73. The molecular formula is C16H18ClN3O6S. The van der Waals surface area contributed by atoms with Gasteiger partial charge in [-0.3, -0.25) is 14.2 Å². The van der Waals surface area contributed by atoms with Gasteiger partial charge in [-0.25, -0.2) is 17.9 Å². The van der Waals surface area contributed by atoms with E-state index in [-0.39, 0.29) is 11.4 Å². The highest BCUT2D eigenvalue weighted by molar-refractivity contribution is 7.89. The van der Waals surface area contributed by atoms with Gasteiger partial charge >= 0.3 is 11.7 Å². The summed E-state index contributed by atoms with van der Waals surface area (Å²) in [5, 5.41) is 0.238. The van der Waals surface area contributed by atoms with Crippen LogP contribution in [0.4, 0.5) is 0 Å². The number of nitrogens with one attached hydrogen (secondary N) is 1. The summed E-state index contributed by atoms with van der Waals surface area (Å²) in [5.74, 6) is -0.670. The number of benzene rings is 1. The van der Waals surface area contributed by atoms with Crippen LogP contribution in [0.1, 0.15) is 18.0 Å². The summed E-state index contributed by atoms with van der Waals surface area (Å²) in [6, 6.07) is 5.31. The van der Waals surface area contributed by atoms with Gasteiger partial charge in [0.05, 0.1) is 19.6 Å². The molecule has 1 unspecified atom stereocenters. The van der Waals surface area contributed by atoms with E-state index >= 15 is 0 Å². The second kappa shape index (κ2) is 8.07. The molecule has 2 aromatic rings. The number of sulfonamides is 1. The van der Waals surface area contributed by atoms with Crippen molar-refractivity contribution >= 4 is 27.6 Å². The third kappa shape index (κ3) is 4.46. The van der Waals surface area contributed by atoms with Gasteiger partial charge < -0.3 is 9.30 Å². The van der Waals surface area contributed by atoms with E-state index in [0.29, 0.717) is 10.1 Å². The van der Waals surface area contributed by atoms with Crippen LogP contribution in [0, 0.1) is 0 Å². The number of aromatic nitrogens is 2. The molecule has 27 heavy (non-hydrogen) atoms. The van der Waals surface area contributed by atoms with Gasteiger partial charge in [-0.1, -0.05) is 29.8 Å². The van der Waals surface area contributed by atoms with Crippen LogP contribution < -0.4 is 16.0 Å². The minimum Gasteiger partial charge on any atom is -0.469 e. The van der Waals surface area contributed by atoms with E-state index < -0.39 is 38.2 Å². The fourth-order valence-electron chi connectivity index (χ4n) is 2.43. The molecule has 1 atom stereocenters. The molecule has 1 aromatic heterocycles. The predicted molar refractivity (Wildman–Crippen MR) is 98.1 cm³/mol. The van der Waals surface area contributed by atoms with Crippen molar-refractivity contribution in [3.8, 4) is 0 Å². The Labute approximate surface area is 160 Å². The van der Waals surface area contributed by atoms with Crippen molar-refractivity contribution in [1.82, 2.24) is 13.9 Å². The maximum absolute atomic E-state index is 12.8. The Kier molecular flexibility index (Phi) is 6.24. The van der Waals surface area contributed by atoms with E-state index in [1.54, 1.807) is 24.3 Å². The third-order valence-corrected chi connectivity index (χ3v) is 5.68. The molecule has 0 saturated carbocycles. The number of carbonyl (C=O) groups is 1. The number of hydrogen-bond donors (Lipinski definition) is 1. The summed E-state index contributed by atoms with van der Waals surface area (Å²) in [6.07, 6.45) is 0.584. The van der Waals surface area contributed by atoms with Gasteiger partial charge in [0, 0.05) is 25.3 Å². The van der Waals surface area contributed by atoms with E-state index in [2.05, 4.69) is 9.46 Å². The Morgan fingerprint density at radius 3 is 2.48 bits per heavy atom. The normalized spacial score (nSPS) is 12.6. The first-order valence-corrected chi connectivity index (χ1v) is 9.55. The molecule has 146 valence electrons. The van der Waals surface area contributed by atoms with Gasteiger partial charge in [-0.15, -0.1) is 0 Å². The molecule has 2 rings (SSSR count). The number of rotatable bonds is 6. The molecule has 0 fully saturated rings. The highest BCUT2D eigenvalue weighted by Crippen LogP contribution is 2.26. The molecule has 0 bridgehead atoms. The Balaban J connectivity index is 2.54. The van der Waals surface area contributed by atoms with Crippen LogP contribution in [-0.2, 0) is 33.7 Å². The summed E-state index contributed by atoms with van der Waals surface area (Å²) in [6.45, 7) is 0. The molecule has 0 aliphatic rings. The SMILES string of the molecule is COC(=O)CC(NS(=O)(=O)c1cn(C)c(=O)n(C)c1=O)c1ccccc1Cl.